The molecule has 112 valence electrons. The van der Waals surface area contributed by atoms with Gasteiger partial charge in [0.1, 0.15) is 0 Å². The van der Waals surface area contributed by atoms with E-state index in [1.54, 1.807) is 6.07 Å². The van der Waals surface area contributed by atoms with Gasteiger partial charge in [-0.3, -0.25) is 10.1 Å². The number of nitro groups is 1. The summed E-state index contributed by atoms with van der Waals surface area (Å²) >= 11 is 3.24. The lowest BCUT2D eigenvalue weighted by molar-refractivity contribution is -0.384. The van der Waals surface area contributed by atoms with Crippen molar-refractivity contribution in [1.29, 1.82) is 0 Å². The number of hydrogen-bond acceptors (Lipinski definition) is 7. The molecule has 21 heavy (non-hydrogen) atoms. The number of non-ortho nitro benzene ring substituents is 1. The molecule has 0 spiro atoms. The first kappa shape index (κ1) is 14.6. The number of aliphatic hydroxyl groups is 1. The molecule has 2 aromatic rings. The number of fused-ring (bicyclic) bond motifs is 1. The first-order chi connectivity index (χ1) is 10.1. The Morgan fingerprint density at radius 2 is 2.19 bits per heavy atom. The number of hydrogen-bond donors (Lipinski definition) is 2. The predicted molar refractivity (Wildman–Crippen MR) is 86.3 cm³/mol. The van der Waals surface area contributed by atoms with Crippen molar-refractivity contribution in [2.45, 2.75) is 18.4 Å². The maximum Gasteiger partial charge on any atom is 0.270 e. The van der Waals surface area contributed by atoms with Gasteiger partial charge in [0, 0.05) is 18.7 Å². The second-order valence-corrected chi connectivity index (χ2v) is 7.37. The lowest BCUT2D eigenvalue weighted by atomic mass is 9.97. The summed E-state index contributed by atoms with van der Waals surface area (Å²) in [7, 11) is 0. The summed E-state index contributed by atoms with van der Waals surface area (Å²) in [5.74, 6) is 1.95. The third-order valence-corrected chi connectivity index (χ3v) is 5.54. The van der Waals surface area contributed by atoms with Crippen LogP contribution in [0.1, 0.15) is 12.8 Å². The first-order valence-corrected chi connectivity index (χ1v) is 8.62. The van der Waals surface area contributed by atoms with Crippen molar-refractivity contribution >= 4 is 44.1 Å². The molecule has 1 fully saturated rings. The van der Waals surface area contributed by atoms with E-state index in [2.05, 4.69) is 10.3 Å². The van der Waals surface area contributed by atoms with E-state index >= 15 is 0 Å². The Kier molecular flexibility index (Phi) is 4.01. The van der Waals surface area contributed by atoms with Crippen LogP contribution in [0.25, 0.3) is 10.2 Å². The minimum absolute atomic E-state index is 0.0700. The molecule has 0 unspecified atom stereocenters. The Balaban J connectivity index is 1.73. The average molecular weight is 325 g/mol. The Labute approximate surface area is 129 Å². The minimum atomic E-state index is -0.672. The van der Waals surface area contributed by atoms with Crippen LogP contribution in [-0.2, 0) is 0 Å². The van der Waals surface area contributed by atoms with Crippen molar-refractivity contribution < 1.29 is 10.0 Å². The van der Waals surface area contributed by atoms with Gasteiger partial charge in [-0.05, 0) is 30.4 Å². The van der Waals surface area contributed by atoms with Gasteiger partial charge in [-0.25, -0.2) is 4.98 Å². The van der Waals surface area contributed by atoms with Crippen LogP contribution < -0.4 is 5.32 Å². The fourth-order valence-electron chi connectivity index (χ4n) is 2.27. The molecular formula is C13H15N3O3S2. The molecule has 8 heteroatoms. The van der Waals surface area contributed by atoms with Crippen LogP contribution in [0.4, 0.5) is 10.8 Å². The summed E-state index contributed by atoms with van der Waals surface area (Å²) in [5, 5.41) is 25.1. The molecule has 1 aromatic heterocycles. The number of nitrogens with one attached hydrogen (secondary N) is 1. The minimum Gasteiger partial charge on any atom is -0.388 e. The van der Waals surface area contributed by atoms with E-state index in [1.165, 1.54) is 23.5 Å². The van der Waals surface area contributed by atoms with E-state index in [1.807, 2.05) is 11.8 Å². The maximum absolute atomic E-state index is 10.8. The molecule has 1 aromatic carbocycles. The van der Waals surface area contributed by atoms with E-state index in [9.17, 15) is 15.2 Å². The third kappa shape index (κ3) is 3.28. The van der Waals surface area contributed by atoms with Crippen molar-refractivity contribution in [1.82, 2.24) is 4.98 Å². The van der Waals surface area contributed by atoms with Gasteiger partial charge in [0.25, 0.3) is 5.69 Å². The van der Waals surface area contributed by atoms with Gasteiger partial charge in [0.2, 0.25) is 0 Å². The number of anilines is 1. The monoisotopic (exact) mass is 325 g/mol. The molecule has 0 bridgehead atoms. The normalized spacial score (nSPS) is 17.8. The van der Waals surface area contributed by atoms with Crippen LogP contribution in [-0.4, -0.2) is 38.7 Å². The van der Waals surface area contributed by atoms with Crippen molar-refractivity contribution in [2.75, 3.05) is 23.4 Å². The summed E-state index contributed by atoms with van der Waals surface area (Å²) in [6.45, 7) is 0.468. The lowest BCUT2D eigenvalue weighted by Crippen LogP contribution is -2.40. The number of thiazole rings is 1. The molecule has 1 aliphatic rings. The van der Waals surface area contributed by atoms with Crippen LogP contribution in [0, 0.1) is 10.1 Å². The van der Waals surface area contributed by atoms with Crippen LogP contribution in [0.3, 0.4) is 0 Å². The van der Waals surface area contributed by atoms with E-state index in [-0.39, 0.29) is 5.69 Å². The van der Waals surface area contributed by atoms with Gasteiger partial charge in [-0.1, -0.05) is 11.3 Å². The largest absolute Gasteiger partial charge is 0.388 e. The van der Waals surface area contributed by atoms with E-state index in [0.717, 1.165) is 34.6 Å². The molecule has 0 radical (unpaired) electrons. The van der Waals surface area contributed by atoms with Crippen LogP contribution in [0.15, 0.2) is 18.2 Å². The molecule has 2 heterocycles. The zero-order valence-electron chi connectivity index (χ0n) is 11.2. The number of aromatic nitrogens is 1. The molecule has 0 atom stereocenters. The Morgan fingerprint density at radius 3 is 2.90 bits per heavy atom. The second kappa shape index (κ2) is 5.78. The van der Waals surface area contributed by atoms with Gasteiger partial charge < -0.3 is 10.4 Å². The molecule has 0 amide bonds. The fraction of sp³-hybridized carbons (Fsp3) is 0.462. The lowest BCUT2D eigenvalue weighted by Gasteiger charge is -2.31. The van der Waals surface area contributed by atoms with Crippen LogP contribution >= 0.6 is 23.1 Å². The standard InChI is InChI=1S/C13H15N3O3S2/c17-13(3-5-20-6-4-13)8-14-12-15-10-2-1-9(16(18)19)7-11(10)21-12/h1-2,7,17H,3-6,8H2,(H,14,15). The van der Waals surface area contributed by atoms with Crippen LogP contribution in [0.5, 0.6) is 0 Å². The molecule has 1 aliphatic heterocycles. The number of thioether (sulfide) groups is 1. The molecular weight excluding hydrogens is 310 g/mol. The van der Waals surface area contributed by atoms with E-state index in [4.69, 9.17) is 0 Å². The Hall–Kier alpha value is -1.38. The second-order valence-electron chi connectivity index (χ2n) is 5.12. The SMILES string of the molecule is O=[N+]([O-])c1ccc2nc(NCC3(O)CCSCC3)sc2c1. The number of benzene rings is 1. The number of nitro benzene ring substituents is 1. The summed E-state index contributed by atoms with van der Waals surface area (Å²) in [6.07, 6.45) is 1.56. The maximum atomic E-state index is 10.8. The smallest absolute Gasteiger partial charge is 0.270 e. The zero-order valence-corrected chi connectivity index (χ0v) is 12.9. The average Bonchev–Trinajstić information content (AvgIpc) is 2.88. The van der Waals surface area contributed by atoms with E-state index in [0.29, 0.717) is 11.7 Å². The predicted octanol–water partition coefficient (Wildman–Crippen LogP) is 2.87. The highest BCUT2D eigenvalue weighted by Crippen LogP contribution is 2.31. The number of rotatable bonds is 4. The molecule has 2 N–H and O–H groups in total. The van der Waals surface area contributed by atoms with Crippen molar-refractivity contribution in [3.8, 4) is 0 Å². The highest BCUT2D eigenvalue weighted by molar-refractivity contribution is 7.99. The molecule has 3 rings (SSSR count). The van der Waals surface area contributed by atoms with Gasteiger partial charge >= 0.3 is 0 Å². The highest BCUT2D eigenvalue weighted by Gasteiger charge is 2.29. The summed E-state index contributed by atoms with van der Waals surface area (Å²) in [4.78, 5) is 14.8. The van der Waals surface area contributed by atoms with Crippen molar-refractivity contribution in [2.24, 2.45) is 0 Å². The molecule has 0 aliphatic carbocycles. The Bertz CT molecular complexity index is 668. The highest BCUT2D eigenvalue weighted by atomic mass is 32.2. The number of nitrogens with zero attached hydrogens (tertiary/aromatic N) is 2. The summed E-state index contributed by atoms with van der Waals surface area (Å²) in [6, 6.07) is 4.64. The van der Waals surface area contributed by atoms with Crippen molar-refractivity contribution in [3.05, 3.63) is 28.3 Å². The molecule has 0 saturated carbocycles. The topological polar surface area (TPSA) is 88.3 Å². The quantitative estimate of drug-likeness (QED) is 0.664. The first-order valence-electron chi connectivity index (χ1n) is 6.65. The van der Waals surface area contributed by atoms with Gasteiger partial charge in [0.15, 0.2) is 5.13 Å². The van der Waals surface area contributed by atoms with Crippen molar-refractivity contribution in [3.63, 3.8) is 0 Å². The zero-order chi connectivity index (χ0) is 14.9. The molecule has 6 nitrogen and oxygen atoms in total. The van der Waals surface area contributed by atoms with Crippen LogP contribution in [0.2, 0.25) is 0 Å². The van der Waals surface area contributed by atoms with Gasteiger partial charge in [-0.2, -0.15) is 11.8 Å². The Morgan fingerprint density at radius 1 is 1.43 bits per heavy atom. The third-order valence-electron chi connectivity index (χ3n) is 3.58. The van der Waals surface area contributed by atoms with E-state index < -0.39 is 10.5 Å². The summed E-state index contributed by atoms with van der Waals surface area (Å²) < 4.78 is 0.776. The molecule has 1 saturated heterocycles. The van der Waals surface area contributed by atoms with Gasteiger partial charge in [-0.15, -0.1) is 0 Å². The van der Waals surface area contributed by atoms with Gasteiger partial charge in [0.05, 0.1) is 20.7 Å². The summed E-state index contributed by atoms with van der Waals surface area (Å²) in [5.41, 5.74) is 0.134. The fourth-order valence-corrected chi connectivity index (χ4v) is 4.42.